The van der Waals surface area contributed by atoms with Gasteiger partial charge in [-0.3, -0.25) is 19.5 Å². The van der Waals surface area contributed by atoms with Crippen molar-refractivity contribution < 1.29 is 27.8 Å². The Balaban J connectivity index is 0.000000303. The van der Waals surface area contributed by atoms with Gasteiger partial charge in [0.05, 0.1) is 13.2 Å². The number of aromatic nitrogens is 1. The highest BCUT2D eigenvalue weighted by atomic mass is 19.2. The molecule has 10 heteroatoms. The molecule has 0 aliphatic carbocycles. The van der Waals surface area contributed by atoms with E-state index in [1.807, 2.05) is 18.7 Å². The highest BCUT2D eigenvalue weighted by Gasteiger charge is 2.32. The maximum atomic E-state index is 12.9. The first kappa shape index (κ1) is 27.5. The van der Waals surface area contributed by atoms with Crippen LogP contribution in [0.25, 0.3) is 0 Å². The van der Waals surface area contributed by atoms with E-state index in [-0.39, 0.29) is 29.7 Å². The second kappa shape index (κ2) is 12.2. The van der Waals surface area contributed by atoms with Gasteiger partial charge in [-0.05, 0) is 64.9 Å². The smallest absolute Gasteiger partial charge is 0.272 e. The first-order chi connectivity index (χ1) is 17.1. The van der Waals surface area contributed by atoms with E-state index >= 15 is 0 Å². The van der Waals surface area contributed by atoms with E-state index in [1.165, 1.54) is 19.2 Å². The Labute approximate surface area is 210 Å². The van der Waals surface area contributed by atoms with Gasteiger partial charge in [-0.1, -0.05) is 6.07 Å². The molecule has 2 amide bonds. The number of hydrogen-bond donors (Lipinski definition) is 1. The van der Waals surface area contributed by atoms with Crippen molar-refractivity contribution in [3.05, 3.63) is 53.9 Å². The number of pyridine rings is 1. The Hall–Kier alpha value is -3.11. The number of anilines is 1. The summed E-state index contributed by atoms with van der Waals surface area (Å²) in [5.41, 5.74) is 0.929. The third-order valence-electron chi connectivity index (χ3n) is 6.47. The molecule has 8 nitrogen and oxygen atoms in total. The predicted octanol–water partition coefficient (Wildman–Crippen LogP) is 3.73. The second-order valence-electron chi connectivity index (χ2n) is 9.28. The van der Waals surface area contributed by atoms with Gasteiger partial charge in [0.15, 0.2) is 11.6 Å². The molecule has 1 aromatic heterocycles. The topological polar surface area (TPSA) is 84.0 Å². The van der Waals surface area contributed by atoms with Crippen LogP contribution < -0.4 is 10.1 Å². The Kier molecular flexibility index (Phi) is 9.33. The van der Waals surface area contributed by atoms with Crippen LogP contribution in [0, 0.1) is 11.6 Å². The number of hydrogen-bond acceptors (Lipinski definition) is 6. The number of nitrogens with zero attached hydrogens (tertiary/aromatic N) is 3. The summed E-state index contributed by atoms with van der Waals surface area (Å²) in [7, 11) is 3.36. The summed E-state index contributed by atoms with van der Waals surface area (Å²) in [5, 5.41) is 2.85. The third-order valence-corrected chi connectivity index (χ3v) is 6.47. The number of carbonyl (C=O) groups is 2. The molecular weight excluding hydrogens is 470 g/mol. The fourth-order valence-corrected chi connectivity index (χ4v) is 4.21. The van der Waals surface area contributed by atoms with Crippen LogP contribution >= 0.6 is 0 Å². The number of nitrogens with one attached hydrogen (secondary N) is 1. The first-order valence-electron chi connectivity index (χ1n) is 12.0. The largest absolute Gasteiger partial charge is 0.494 e. The molecule has 1 N–H and O–H groups in total. The van der Waals surface area contributed by atoms with E-state index in [9.17, 15) is 18.4 Å². The molecule has 36 heavy (non-hydrogen) atoms. The van der Waals surface area contributed by atoms with E-state index in [0.717, 1.165) is 25.5 Å². The summed E-state index contributed by atoms with van der Waals surface area (Å²) in [6.45, 7) is 7.63. The summed E-state index contributed by atoms with van der Waals surface area (Å²) in [6.07, 6.45) is 2.86. The maximum absolute atomic E-state index is 12.9. The first-order valence-corrected chi connectivity index (χ1v) is 12.0. The quantitative estimate of drug-likeness (QED) is 0.683. The molecule has 0 bridgehead atoms. The van der Waals surface area contributed by atoms with Crippen LogP contribution in [0.5, 0.6) is 5.75 Å². The minimum atomic E-state index is -0.940. The van der Waals surface area contributed by atoms with Gasteiger partial charge < -0.3 is 19.7 Å². The minimum Gasteiger partial charge on any atom is -0.494 e. The summed E-state index contributed by atoms with van der Waals surface area (Å²) in [6, 6.07) is 7.56. The molecule has 2 aliphatic heterocycles. The van der Waals surface area contributed by atoms with Crippen LogP contribution in [0.3, 0.4) is 0 Å². The van der Waals surface area contributed by atoms with Crippen molar-refractivity contribution >= 4 is 17.5 Å². The number of ether oxygens (including phenoxy) is 2. The lowest BCUT2D eigenvalue weighted by atomic mass is 10.1. The van der Waals surface area contributed by atoms with Crippen molar-refractivity contribution in [1.82, 2.24) is 14.8 Å². The van der Waals surface area contributed by atoms with Crippen molar-refractivity contribution in [3.8, 4) is 5.75 Å². The zero-order chi connectivity index (χ0) is 26.4. The summed E-state index contributed by atoms with van der Waals surface area (Å²) < 4.78 is 34.9. The average Bonchev–Trinajstić information content (AvgIpc) is 3.30. The molecule has 196 valence electrons. The van der Waals surface area contributed by atoms with Gasteiger partial charge in [0.25, 0.3) is 11.8 Å². The van der Waals surface area contributed by atoms with Gasteiger partial charge in [0.1, 0.15) is 11.8 Å². The summed E-state index contributed by atoms with van der Waals surface area (Å²) >= 11 is 0. The molecule has 1 aromatic carbocycles. The molecule has 3 heterocycles. The molecule has 0 saturated carbocycles. The van der Waals surface area contributed by atoms with Crippen molar-refractivity contribution in [3.63, 3.8) is 0 Å². The van der Waals surface area contributed by atoms with Crippen LogP contribution in [0.15, 0.2) is 36.5 Å². The van der Waals surface area contributed by atoms with Crippen LogP contribution in [0.1, 0.15) is 44.1 Å². The van der Waals surface area contributed by atoms with E-state index in [4.69, 9.17) is 4.74 Å². The minimum absolute atomic E-state index is 0.0694. The number of methoxy groups -OCH3 is 1. The summed E-state index contributed by atoms with van der Waals surface area (Å²) in [4.78, 5) is 33.6. The second-order valence-corrected chi connectivity index (χ2v) is 9.28. The molecule has 0 spiro atoms. The van der Waals surface area contributed by atoms with Crippen molar-refractivity contribution in [1.29, 1.82) is 0 Å². The number of rotatable bonds is 4. The van der Waals surface area contributed by atoms with Crippen molar-refractivity contribution in [2.45, 2.75) is 57.9 Å². The van der Waals surface area contributed by atoms with Gasteiger partial charge in [-0.2, -0.15) is 4.39 Å². The fraction of sp³-hybridized carbons (Fsp3) is 0.500. The Morgan fingerprint density at radius 2 is 1.86 bits per heavy atom. The molecule has 0 radical (unpaired) electrons. The van der Waals surface area contributed by atoms with Crippen molar-refractivity contribution in [2.75, 3.05) is 32.6 Å². The van der Waals surface area contributed by atoms with Gasteiger partial charge in [0.2, 0.25) is 5.82 Å². The lowest BCUT2D eigenvalue weighted by molar-refractivity contribution is -0.126. The van der Waals surface area contributed by atoms with Gasteiger partial charge in [-0.15, -0.1) is 0 Å². The Morgan fingerprint density at radius 3 is 2.50 bits per heavy atom. The number of piperazine rings is 1. The van der Waals surface area contributed by atoms with Crippen molar-refractivity contribution in [2.24, 2.45) is 0 Å². The molecular formula is C26H34F2N4O4. The number of amides is 2. The van der Waals surface area contributed by atoms with E-state index < -0.39 is 17.7 Å². The van der Waals surface area contributed by atoms with E-state index in [0.29, 0.717) is 24.0 Å². The molecule has 4 rings (SSSR count). The highest BCUT2D eigenvalue weighted by Crippen LogP contribution is 2.22. The third kappa shape index (κ3) is 6.76. The average molecular weight is 505 g/mol. The molecule has 2 aliphatic rings. The van der Waals surface area contributed by atoms with E-state index in [1.54, 1.807) is 18.3 Å². The maximum Gasteiger partial charge on any atom is 0.272 e. The van der Waals surface area contributed by atoms with Crippen LogP contribution in [-0.2, 0) is 9.53 Å². The number of halogens is 2. The Bertz CT molecular complexity index is 1070. The van der Waals surface area contributed by atoms with Gasteiger partial charge in [0, 0.05) is 37.1 Å². The zero-order valence-electron chi connectivity index (χ0n) is 21.3. The van der Waals surface area contributed by atoms with Gasteiger partial charge >= 0.3 is 0 Å². The molecule has 2 aromatic rings. The monoisotopic (exact) mass is 504 g/mol. The summed E-state index contributed by atoms with van der Waals surface area (Å²) in [5.74, 6) is -2.16. The fourth-order valence-electron chi connectivity index (χ4n) is 4.21. The van der Waals surface area contributed by atoms with Crippen LogP contribution in [0.2, 0.25) is 0 Å². The predicted molar refractivity (Wildman–Crippen MR) is 132 cm³/mol. The molecule has 2 fully saturated rings. The number of likely N-dealkylation sites (N-methyl/N-ethyl adjacent to an activating group) is 1. The molecule has 4 atom stereocenters. The molecule has 2 unspecified atom stereocenters. The standard InChI is InChI=1S/C19H28N4O3.C7H6F2O/c1-12-11-23(13(2)10-22(12)4)19(25)16-9-15(7-8-20-16)21-18(24)17-6-5-14(3)26-17;1-10-6-4-2-3-5(8)7(6)9/h7-9,12-14,17H,5-6,10-11H2,1-4H3,(H,20,21,24);2-4H,1H3/t12-,13-,14?,17?;/m1./s1. The lowest BCUT2D eigenvalue weighted by Crippen LogP contribution is -2.56. The number of carbonyl (C=O) groups excluding carboxylic acids is 2. The zero-order valence-corrected chi connectivity index (χ0v) is 21.3. The van der Waals surface area contributed by atoms with Crippen LogP contribution in [-0.4, -0.2) is 78.1 Å². The lowest BCUT2D eigenvalue weighted by Gasteiger charge is -2.42. The van der Waals surface area contributed by atoms with Crippen LogP contribution in [0.4, 0.5) is 14.5 Å². The van der Waals surface area contributed by atoms with Gasteiger partial charge in [-0.25, -0.2) is 4.39 Å². The highest BCUT2D eigenvalue weighted by molar-refractivity contribution is 5.97. The molecule has 2 saturated heterocycles. The van der Waals surface area contributed by atoms with E-state index in [2.05, 4.69) is 33.9 Å². The number of benzene rings is 1. The normalized spacial score (nSPS) is 24.0. The Morgan fingerprint density at radius 1 is 1.11 bits per heavy atom. The SMILES string of the molecule is CC1CCC(C(=O)Nc2ccnc(C(=O)N3C[C@@H](C)N(C)C[C@H]3C)c2)O1.COc1cccc(F)c1F.